The van der Waals surface area contributed by atoms with E-state index in [-0.39, 0.29) is 27.1 Å². The van der Waals surface area contributed by atoms with Crippen molar-refractivity contribution in [2.75, 3.05) is 13.2 Å². The van der Waals surface area contributed by atoms with Gasteiger partial charge in [0.05, 0.1) is 5.56 Å². The van der Waals surface area contributed by atoms with Gasteiger partial charge in [0.15, 0.2) is 0 Å². The summed E-state index contributed by atoms with van der Waals surface area (Å²) in [5.41, 5.74) is -1.23. The van der Waals surface area contributed by atoms with Crippen molar-refractivity contribution in [1.29, 1.82) is 0 Å². The molecule has 0 spiro atoms. The molecule has 1 N–H and O–H groups in total. The number of hydrogen-bond donors (Lipinski definition) is 1. The highest BCUT2D eigenvalue weighted by molar-refractivity contribution is 7.31. The first-order chi connectivity index (χ1) is 8.88. The Morgan fingerprint density at radius 2 is 1.84 bits per heavy atom. The minimum atomic E-state index is -4.52. The van der Waals surface area contributed by atoms with Crippen molar-refractivity contribution in [3.8, 4) is 0 Å². The molecule has 0 saturated carbocycles. The normalized spacial score (nSPS) is 11.5. The number of aliphatic hydroxyl groups excluding tert-OH is 1. The van der Waals surface area contributed by atoms with Crippen LogP contribution in [0.4, 0.5) is 17.6 Å². The van der Waals surface area contributed by atoms with E-state index < -0.39 is 17.6 Å². The average molecular weight is 300 g/mol. The summed E-state index contributed by atoms with van der Waals surface area (Å²) in [4.78, 5) is 0. The number of alkyl halides is 3. The smallest absolute Gasteiger partial charge is 0.397 e. The van der Waals surface area contributed by atoms with E-state index >= 15 is 0 Å². The molecule has 0 aliphatic carbocycles. The Balaban J connectivity index is 0.000000982. The van der Waals surface area contributed by atoms with Crippen LogP contribution in [0.3, 0.4) is 0 Å². The van der Waals surface area contributed by atoms with Crippen LogP contribution >= 0.6 is 8.81 Å². The summed E-state index contributed by atoms with van der Waals surface area (Å²) in [7, 11) is -0.158. The minimum Gasteiger partial charge on any atom is -0.397 e. The molecule has 0 fully saturated rings. The summed E-state index contributed by atoms with van der Waals surface area (Å²) in [5.74, 6) is -0.831. The van der Waals surface area contributed by atoms with Gasteiger partial charge in [-0.15, -0.1) is 0 Å². The zero-order chi connectivity index (χ0) is 14.9. The molecule has 2 nitrogen and oxygen atoms in total. The summed E-state index contributed by atoms with van der Waals surface area (Å²) in [6, 6.07) is 2.97. The molecule has 1 unspecified atom stereocenters. The van der Waals surface area contributed by atoms with Crippen LogP contribution in [-0.2, 0) is 16.9 Å². The standard InChI is InChI=1S/C10H11F4OP.C2H6O/c1-2-15-16-6-7-8(10(12,13)14)4-3-5-9(7)11;1-2-3/h3-5,16H,2,6H2,1H3;3H,2H2,1H3. The van der Waals surface area contributed by atoms with Gasteiger partial charge in [-0.25, -0.2) is 4.39 Å². The van der Waals surface area contributed by atoms with Gasteiger partial charge in [0.2, 0.25) is 0 Å². The molecule has 19 heavy (non-hydrogen) atoms. The second-order valence-corrected chi connectivity index (χ2v) is 4.26. The fourth-order valence-electron chi connectivity index (χ4n) is 1.23. The predicted octanol–water partition coefficient (Wildman–Crippen LogP) is 3.97. The molecule has 7 heteroatoms. The summed E-state index contributed by atoms with van der Waals surface area (Å²) in [6.45, 7) is 4.08. The number of aliphatic hydroxyl groups is 1. The quantitative estimate of drug-likeness (QED) is 0.518. The van der Waals surface area contributed by atoms with E-state index in [9.17, 15) is 17.6 Å². The fourth-order valence-corrected chi connectivity index (χ4v) is 2.04. The van der Waals surface area contributed by atoms with Crippen molar-refractivity contribution in [2.24, 2.45) is 0 Å². The minimum absolute atomic E-state index is 0.0463. The van der Waals surface area contributed by atoms with Gasteiger partial charge in [-0.05, 0) is 26.0 Å². The second kappa shape index (κ2) is 9.23. The van der Waals surface area contributed by atoms with Gasteiger partial charge in [0, 0.05) is 33.7 Å². The van der Waals surface area contributed by atoms with Crippen molar-refractivity contribution in [3.63, 3.8) is 0 Å². The number of halogens is 4. The van der Waals surface area contributed by atoms with E-state index in [4.69, 9.17) is 9.63 Å². The first-order valence-electron chi connectivity index (χ1n) is 5.68. The third-order valence-electron chi connectivity index (χ3n) is 1.92. The first kappa shape index (κ1) is 18.3. The van der Waals surface area contributed by atoms with E-state index in [2.05, 4.69) is 0 Å². The van der Waals surface area contributed by atoms with Crippen molar-refractivity contribution in [1.82, 2.24) is 0 Å². The molecule has 0 bridgehead atoms. The van der Waals surface area contributed by atoms with Crippen molar-refractivity contribution in [2.45, 2.75) is 26.2 Å². The maximum atomic E-state index is 13.3. The molecular weight excluding hydrogens is 283 g/mol. The van der Waals surface area contributed by atoms with Crippen LogP contribution in [0.2, 0.25) is 0 Å². The molecule has 0 radical (unpaired) electrons. The van der Waals surface area contributed by atoms with Crippen LogP contribution in [0.25, 0.3) is 0 Å². The van der Waals surface area contributed by atoms with Crippen LogP contribution in [0.15, 0.2) is 18.2 Å². The van der Waals surface area contributed by atoms with E-state index in [0.29, 0.717) is 6.61 Å². The van der Waals surface area contributed by atoms with E-state index in [1.54, 1.807) is 13.8 Å². The SMILES string of the molecule is CCO.CCOPCc1c(F)cccc1C(F)(F)F. The summed E-state index contributed by atoms with van der Waals surface area (Å²) in [6.07, 6.45) is -4.57. The molecule has 0 amide bonds. The average Bonchev–Trinajstić information content (AvgIpc) is 2.31. The molecular formula is C12H17F4O2P. The van der Waals surface area contributed by atoms with Crippen molar-refractivity contribution >= 4 is 8.81 Å². The maximum absolute atomic E-state index is 13.3. The topological polar surface area (TPSA) is 29.5 Å². The van der Waals surface area contributed by atoms with Gasteiger partial charge < -0.3 is 9.63 Å². The number of rotatable bonds is 4. The summed E-state index contributed by atoms with van der Waals surface area (Å²) < 4.78 is 55.8. The molecule has 0 heterocycles. The zero-order valence-corrected chi connectivity index (χ0v) is 11.7. The molecule has 0 aliphatic rings. The van der Waals surface area contributed by atoms with E-state index in [0.717, 1.165) is 18.2 Å². The highest BCUT2D eigenvalue weighted by Crippen LogP contribution is 2.35. The lowest BCUT2D eigenvalue weighted by Gasteiger charge is -2.13. The fraction of sp³-hybridized carbons (Fsp3) is 0.500. The van der Waals surface area contributed by atoms with Crippen LogP contribution in [0.5, 0.6) is 0 Å². The lowest BCUT2D eigenvalue weighted by molar-refractivity contribution is -0.138. The molecule has 1 aromatic carbocycles. The van der Waals surface area contributed by atoms with Gasteiger partial charge in [-0.2, -0.15) is 13.2 Å². The summed E-state index contributed by atoms with van der Waals surface area (Å²) in [5, 5.41) is 7.57. The maximum Gasteiger partial charge on any atom is 0.416 e. The zero-order valence-electron chi connectivity index (χ0n) is 10.7. The van der Waals surface area contributed by atoms with Gasteiger partial charge >= 0.3 is 6.18 Å². The van der Waals surface area contributed by atoms with Gasteiger partial charge in [0.1, 0.15) is 5.82 Å². The highest BCUT2D eigenvalue weighted by atomic mass is 31.1. The molecule has 110 valence electrons. The Kier molecular flexibility index (Phi) is 8.89. The van der Waals surface area contributed by atoms with Gasteiger partial charge in [0.25, 0.3) is 0 Å². The second-order valence-electron chi connectivity index (χ2n) is 3.33. The van der Waals surface area contributed by atoms with E-state index in [1.165, 1.54) is 0 Å². The molecule has 1 aromatic rings. The van der Waals surface area contributed by atoms with Crippen molar-refractivity contribution in [3.05, 3.63) is 35.1 Å². The molecule has 1 atom stereocenters. The first-order valence-corrected chi connectivity index (χ1v) is 6.80. The Hall–Kier alpha value is -0.710. The summed E-state index contributed by atoms with van der Waals surface area (Å²) >= 11 is 0. The highest BCUT2D eigenvalue weighted by Gasteiger charge is 2.34. The Labute approximate surface area is 111 Å². The molecule has 0 saturated heterocycles. The van der Waals surface area contributed by atoms with Crippen LogP contribution < -0.4 is 0 Å². The van der Waals surface area contributed by atoms with Crippen LogP contribution in [0, 0.1) is 5.82 Å². The largest absolute Gasteiger partial charge is 0.416 e. The predicted molar refractivity (Wildman–Crippen MR) is 67.8 cm³/mol. The van der Waals surface area contributed by atoms with Crippen molar-refractivity contribution < 1.29 is 27.2 Å². The van der Waals surface area contributed by atoms with Crippen LogP contribution in [0.1, 0.15) is 25.0 Å². The monoisotopic (exact) mass is 300 g/mol. The molecule has 0 aromatic heterocycles. The molecule has 0 aliphatic heterocycles. The van der Waals surface area contributed by atoms with E-state index in [1.807, 2.05) is 0 Å². The van der Waals surface area contributed by atoms with Crippen LogP contribution in [-0.4, -0.2) is 18.3 Å². The van der Waals surface area contributed by atoms with Gasteiger partial charge in [-0.3, -0.25) is 0 Å². The number of hydrogen-bond acceptors (Lipinski definition) is 2. The Morgan fingerprint density at radius 1 is 1.26 bits per heavy atom. The Bertz CT molecular complexity index is 369. The Morgan fingerprint density at radius 3 is 2.32 bits per heavy atom. The lowest BCUT2D eigenvalue weighted by Crippen LogP contribution is -2.10. The third kappa shape index (κ3) is 6.85. The lowest BCUT2D eigenvalue weighted by atomic mass is 10.1. The third-order valence-corrected chi connectivity index (χ3v) is 2.91. The van der Waals surface area contributed by atoms with Gasteiger partial charge in [-0.1, -0.05) is 6.07 Å². The molecule has 1 rings (SSSR count). The number of benzene rings is 1.